The van der Waals surface area contributed by atoms with Crippen LogP contribution in [0.2, 0.25) is 5.02 Å². The Balaban J connectivity index is 1.28. The predicted octanol–water partition coefficient (Wildman–Crippen LogP) is 3.10. The molecule has 3 atom stereocenters. The van der Waals surface area contributed by atoms with Crippen molar-refractivity contribution in [2.75, 3.05) is 18.5 Å². The van der Waals surface area contributed by atoms with Crippen LogP contribution >= 0.6 is 11.6 Å². The van der Waals surface area contributed by atoms with Gasteiger partial charge in [-0.05, 0) is 44.6 Å². The normalized spacial score (nSPS) is 22.8. The highest BCUT2D eigenvalue weighted by atomic mass is 35.5. The van der Waals surface area contributed by atoms with Gasteiger partial charge in [0.05, 0.1) is 29.3 Å². The van der Waals surface area contributed by atoms with Crippen molar-refractivity contribution < 1.29 is 14.3 Å². The zero-order valence-electron chi connectivity index (χ0n) is 18.5. The molecule has 2 aliphatic rings. The number of urea groups is 1. The first-order valence-corrected chi connectivity index (χ1v) is 11.9. The van der Waals surface area contributed by atoms with E-state index < -0.39 is 5.82 Å². The Bertz CT molecular complexity index is 1190. The van der Waals surface area contributed by atoms with Crippen LogP contribution in [0.15, 0.2) is 18.5 Å². The number of aliphatic hydroxyl groups excluding tert-OH is 1. The number of nitrogens with one attached hydrogen (secondary N) is 3. The third-order valence-corrected chi connectivity index (χ3v) is 6.74. The summed E-state index contributed by atoms with van der Waals surface area (Å²) in [5.74, 6) is -0.217. The lowest BCUT2D eigenvalue weighted by molar-refractivity contribution is 0.152. The summed E-state index contributed by atoms with van der Waals surface area (Å²) in [4.78, 5) is 27.1. The van der Waals surface area contributed by atoms with Crippen LogP contribution in [0.3, 0.4) is 0 Å². The second-order valence-corrected chi connectivity index (χ2v) is 9.27. The minimum Gasteiger partial charge on any atom is -0.394 e. The lowest BCUT2D eigenvalue weighted by Crippen LogP contribution is -2.50. The molecule has 0 bridgehead atoms. The number of hydrogen-bond acceptors (Lipinski definition) is 7. The maximum atomic E-state index is 14.6. The summed E-state index contributed by atoms with van der Waals surface area (Å²) < 4.78 is 14.6. The molecule has 3 aromatic rings. The molecule has 1 aliphatic carbocycles. The van der Waals surface area contributed by atoms with Crippen LogP contribution in [0.1, 0.15) is 38.5 Å². The molecule has 5 rings (SSSR count). The van der Waals surface area contributed by atoms with E-state index >= 15 is 0 Å². The topological polar surface area (TPSA) is 132 Å². The summed E-state index contributed by atoms with van der Waals surface area (Å²) in [6.07, 6.45) is 7.57. The number of rotatable bonds is 5. The van der Waals surface area contributed by atoms with Gasteiger partial charge < -0.3 is 20.6 Å². The standard InChI is InChI=1S/C22H26ClFN8O2/c23-12-7-16-18(30-31-19(16)25-9-12)21-26-10-17(24)20(29-21)27-13-3-1-4-14(8-13)28-22(34)32-6-2-5-15(32)11-33/h7,9-10,13-15,33H,1-6,8,11H2,(H,28,34)(H,25,30,31)(H,26,27,29)/t13?,14-,15+/m1/s1. The molecule has 2 amide bonds. The molecule has 4 heterocycles. The molecular formula is C22H26ClFN8O2. The highest BCUT2D eigenvalue weighted by Gasteiger charge is 2.31. The van der Waals surface area contributed by atoms with Crippen molar-refractivity contribution in [2.24, 2.45) is 0 Å². The molecule has 1 aliphatic heterocycles. The minimum absolute atomic E-state index is 0.0227. The second kappa shape index (κ2) is 9.67. The van der Waals surface area contributed by atoms with Crippen molar-refractivity contribution in [3.63, 3.8) is 0 Å². The maximum absolute atomic E-state index is 14.6. The molecule has 10 nitrogen and oxygen atoms in total. The molecule has 2 fully saturated rings. The fourth-order valence-corrected chi connectivity index (χ4v) is 4.98. The van der Waals surface area contributed by atoms with Gasteiger partial charge in [-0.2, -0.15) is 5.10 Å². The van der Waals surface area contributed by atoms with E-state index in [-0.39, 0.29) is 42.4 Å². The van der Waals surface area contributed by atoms with Crippen molar-refractivity contribution in [3.05, 3.63) is 29.3 Å². The van der Waals surface area contributed by atoms with Gasteiger partial charge in [-0.15, -0.1) is 0 Å². The van der Waals surface area contributed by atoms with Gasteiger partial charge in [-0.3, -0.25) is 5.10 Å². The van der Waals surface area contributed by atoms with Crippen molar-refractivity contribution in [1.29, 1.82) is 0 Å². The maximum Gasteiger partial charge on any atom is 0.317 e. The average molecular weight is 489 g/mol. The summed E-state index contributed by atoms with van der Waals surface area (Å²) in [7, 11) is 0. The van der Waals surface area contributed by atoms with E-state index in [2.05, 4.69) is 35.8 Å². The first-order chi connectivity index (χ1) is 16.5. The van der Waals surface area contributed by atoms with Crippen LogP contribution in [0, 0.1) is 5.82 Å². The van der Waals surface area contributed by atoms with E-state index in [1.54, 1.807) is 11.0 Å². The first kappa shape index (κ1) is 22.7. The monoisotopic (exact) mass is 488 g/mol. The molecule has 180 valence electrons. The second-order valence-electron chi connectivity index (χ2n) is 8.84. The number of anilines is 1. The summed E-state index contributed by atoms with van der Waals surface area (Å²) in [6.45, 7) is 0.633. The number of nitrogens with zero attached hydrogens (tertiary/aromatic N) is 5. The van der Waals surface area contributed by atoms with E-state index in [4.69, 9.17) is 11.6 Å². The number of fused-ring (bicyclic) bond motifs is 1. The van der Waals surface area contributed by atoms with Crippen molar-refractivity contribution in [2.45, 2.75) is 56.7 Å². The van der Waals surface area contributed by atoms with E-state index in [9.17, 15) is 14.3 Å². The van der Waals surface area contributed by atoms with Crippen LogP contribution < -0.4 is 10.6 Å². The molecule has 1 saturated carbocycles. The number of aliphatic hydroxyl groups is 1. The molecule has 0 radical (unpaired) electrons. The SMILES string of the molecule is O=C(N[C@@H]1CCCC(Nc2nc(-c3n[nH]c4ncc(Cl)cc34)ncc2F)C1)N1CCC[C@H]1CO. The lowest BCUT2D eigenvalue weighted by Gasteiger charge is -2.33. The largest absolute Gasteiger partial charge is 0.394 e. The molecule has 4 N–H and O–H groups in total. The Kier molecular flexibility index (Phi) is 6.46. The first-order valence-electron chi connectivity index (χ1n) is 11.5. The fraction of sp³-hybridized carbons (Fsp3) is 0.500. The molecule has 0 aromatic carbocycles. The molecule has 1 unspecified atom stereocenters. The van der Waals surface area contributed by atoms with Crippen LogP contribution in [0.5, 0.6) is 0 Å². The van der Waals surface area contributed by atoms with Gasteiger partial charge in [-0.1, -0.05) is 11.6 Å². The molecule has 34 heavy (non-hydrogen) atoms. The number of carbonyl (C=O) groups is 1. The Hall–Kier alpha value is -3.05. The number of amides is 2. The zero-order valence-corrected chi connectivity index (χ0v) is 19.2. The summed E-state index contributed by atoms with van der Waals surface area (Å²) in [5, 5.41) is 23.9. The number of likely N-dealkylation sites (tertiary alicyclic amines) is 1. The van der Waals surface area contributed by atoms with Crippen LogP contribution in [-0.4, -0.2) is 72.5 Å². The van der Waals surface area contributed by atoms with Gasteiger partial charge in [0.2, 0.25) is 0 Å². The highest BCUT2D eigenvalue weighted by Crippen LogP contribution is 2.28. The van der Waals surface area contributed by atoms with Crippen molar-refractivity contribution in [3.8, 4) is 11.5 Å². The van der Waals surface area contributed by atoms with Gasteiger partial charge >= 0.3 is 6.03 Å². The smallest absolute Gasteiger partial charge is 0.317 e. The molecule has 1 saturated heterocycles. The third kappa shape index (κ3) is 4.62. The quantitative estimate of drug-likeness (QED) is 0.434. The van der Waals surface area contributed by atoms with Crippen LogP contribution in [-0.2, 0) is 0 Å². The lowest BCUT2D eigenvalue weighted by atomic mass is 9.91. The van der Waals surface area contributed by atoms with Crippen LogP contribution in [0.25, 0.3) is 22.6 Å². The van der Waals surface area contributed by atoms with Gasteiger partial charge in [0.1, 0.15) is 5.69 Å². The predicted molar refractivity (Wildman–Crippen MR) is 125 cm³/mol. The van der Waals surface area contributed by atoms with E-state index in [1.165, 1.54) is 6.20 Å². The number of halogens is 2. The number of aromatic amines is 1. The Morgan fingerprint density at radius 2 is 2.09 bits per heavy atom. The van der Waals surface area contributed by atoms with Gasteiger partial charge in [0, 0.05) is 24.8 Å². The number of aromatic nitrogens is 5. The summed E-state index contributed by atoms with van der Waals surface area (Å²) in [5.41, 5.74) is 0.972. The number of hydrogen-bond donors (Lipinski definition) is 4. The number of H-pyrrole nitrogens is 1. The molecular weight excluding hydrogens is 463 g/mol. The van der Waals surface area contributed by atoms with E-state index in [0.29, 0.717) is 34.7 Å². The fourth-order valence-electron chi connectivity index (χ4n) is 4.83. The van der Waals surface area contributed by atoms with Crippen LogP contribution in [0.4, 0.5) is 15.0 Å². The molecule has 0 spiro atoms. The van der Waals surface area contributed by atoms with Crippen molar-refractivity contribution >= 4 is 34.5 Å². The van der Waals surface area contributed by atoms with Gasteiger partial charge in [0.15, 0.2) is 23.1 Å². The molecule has 12 heteroatoms. The van der Waals surface area contributed by atoms with E-state index in [1.807, 2.05) is 0 Å². The van der Waals surface area contributed by atoms with Crippen molar-refractivity contribution in [1.82, 2.24) is 35.4 Å². The zero-order chi connectivity index (χ0) is 23.7. The number of pyridine rings is 1. The summed E-state index contributed by atoms with van der Waals surface area (Å²) in [6, 6.07) is 1.35. The Morgan fingerprint density at radius 1 is 1.24 bits per heavy atom. The minimum atomic E-state index is -0.561. The Morgan fingerprint density at radius 3 is 2.94 bits per heavy atom. The van der Waals surface area contributed by atoms with Gasteiger partial charge in [-0.25, -0.2) is 24.1 Å². The summed E-state index contributed by atoms with van der Waals surface area (Å²) >= 11 is 6.07. The average Bonchev–Trinajstić information content (AvgIpc) is 3.47. The molecule has 3 aromatic heterocycles. The van der Waals surface area contributed by atoms with E-state index in [0.717, 1.165) is 38.3 Å². The van der Waals surface area contributed by atoms with Gasteiger partial charge in [0.25, 0.3) is 0 Å². The Labute approximate surface area is 200 Å². The number of carbonyl (C=O) groups excluding carboxylic acids is 1. The third-order valence-electron chi connectivity index (χ3n) is 6.53. The highest BCUT2D eigenvalue weighted by molar-refractivity contribution is 6.31.